The van der Waals surface area contributed by atoms with E-state index in [0.717, 1.165) is 31.1 Å². The van der Waals surface area contributed by atoms with Crippen molar-refractivity contribution in [3.63, 3.8) is 0 Å². The Morgan fingerprint density at radius 3 is 2.88 bits per heavy atom. The molecule has 0 N–H and O–H groups in total. The van der Waals surface area contributed by atoms with Gasteiger partial charge in [-0.2, -0.15) is 5.10 Å². The molecular formula is C19H26N6. The van der Waals surface area contributed by atoms with Gasteiger partial charge >= 0.3 is 0 Å². The van der Waals surface area contributed by atoms with Gasteiger partial charge in [-0.1, -0.05) is 6.07 Å². The van der Waals surface area contributed by atoms with E-state index in [0.29, 0.717) is 5.92 Å². The maximum atomic E-state index is 4.53. The maximum Gasteiger partial charge on any atom is 0.160 e. The first kappa shape index (κ1) is 16.3. The van der Waals surface area contributed by atoms with Crippen molar-refractivity contribution < 1.29 is 0 Å². The lowest BCUT2D eigenvalue weighted by Crippen LogP contribution is -2.34. The minimum Gasteiger partial charge on any atom is -0.298 e. The normalized spacial score (nSPS) is 19.6. The van der Waals surface area contributed by atoms with Crippen molar-refractivity contribution in [2.24, 2.45) is 0 Å². The van der Waals surface area contributed by atoms with Crippen molar-refractivity contribution in [2.75, 3.05) is 13.1 Å². The van der Waals surface area contributed by atoms with Gasteiger partial charge in [-0.3, -0.25) is 14.0 Å². The molecule has 0 saturated carbocycles. The minimum absolute atomic E-state index is 0.0309. The first-order valence-electron chi connectivity index (χ1n) is 9.07. The number of fused-ring (bicyclic) bond motifs is 1. The molecule has 132 valence electrons. The Labute approximate surface area is 148 Å². The van der Waals surface area contributed by atoms with Gasteiger partial charge in [0, 0.05) is 37.0 Å². The van der Waals surface area contributed by atoms with Crippen molar-refractivity contribution >= 4 is 5.65 Å². The number of aromatic nitrogens is 5. The third-order valence-electron chi connectivity index (χ3n) is 4.94. The van der Waals surface area contributed by atoms with E-state index in [1.807, 2.05) is 24.4 Å². The lowest BCUT2D eigenvalue weighted by molar-refractivity contribution is 0.196. The summed E-state index contributed by atoms with van der Waals surface area (Å²) in [5.74, 6) is 1.52. The van der Waals surface area contributed by atoms with Gasteiger partial charge < -0.3 is 0 Å². The largest absolute Gasteiger partial charge is 0.298 e. The highest BCUT2D eigenvalue weighted by Gasteiger charge is 2.25. The van der Waals surface area contributed by atoms with E-state index in [1.54, 1.807) is 0 Å². The lowest BCUT2D eigenvalue weighted by Gasteiger charge is -2.31. The predicted molar refractivity (Wildman–Crippen MR) is 97.5 cm³/mol. The Bertz CT molecular complexity index is 856. The van der Waals surface area contributed by atoms with Gasteiger partial charge in [0.15, 0.2) is 5.65 Å². The molecule has 4 rings (SSSR count). The SMILES string of the molecule is CC(C)(C)n1cc(CN2CCCC(c3nnc4ccccn34)C2)cn1. The van der Waals surface area contributed by atoms with Crippen LogP contribution in [0.1, 0.15) is 50.9 Å². The first-order valence-corrected chi connectivity index (χ1v) is 9.07. The first-order chi connectivity index (χ1) is 12.0. The fourth-order valence-electron chi connectivity index (χ4n) is 3.61. The summed E-state index contributed by atoms with van der Waals surface area (Å²) in [7, 11) is 0. The quantitative estimate of drug-likeness (QED) is 0.736. The molecule has 0 bridgehead atoms. The molecule has 4 heterocycles. The average molecular weight is 338 g/mol. The van der Waals surface area contributed by atoms with Crippen LogP contribution in [0.15, 0.2) is 36.8 Å². The summed E-state index contributed by atoms with van der Waals surface area (Å²) in [6.45, 7) is 9.64. The van der Waals surface area contributed by atoms with Crippen molar-refractivity contribution in [3.05, 3.63) is 48.2 Å². The van der Waals surface area contributed by atoms with Crippen LogP contribution in [0, 0.1) is 0 Å². The van der Waals surface area contributed by atoms with Gasteiger partial charge in [0.05, 0.1) is 11.7 Å². The third-order valence-corrected chi connectivity index (χ3v) is 4.94. The smallest absolute Gasteiger partial charge is 0.160 e. The van der Waals surface area contributed by atoms with Gasteiger partial charge in [-0.25, -0.2) is 0 Å². The molecule has 1 aliphatic heterocycles. The van der Waals surface area contributed by atoms with Gasteiger partial charge in [0.1, 0.15) is 5.82 Å². The number of piperidine rings is 1. The molecule has 0 amide bonds. The van der Waals surface area contributed by atoms with E-state index in [2.05, 4.69) is 62.4 Å². The van der Waals surface area contributed by atoms with Gasteiger partial charge in [0.2, 0.25) is 0 Å². The zero-order valence-corrected chi connectivity index (χ0v) is 15.3. The Kier molecular flexibility index (Phi) is 4.07. The summed E-state index contributed by atoms with van der Waals surface area (Å²) in [5.41, 5.74) is 2.24. The van der Waals surface area contributed by atoms with Crippen molar-refractivity contribution in [3.8, 4) is 0 Å². The molecule has 0 spiro atoms. The van der Waals surface area contributed by atoms with Crippen molar-refractivity contribution in [2.45, 2.75) is 51.6 Å². The van der Waals surface area contributed by atoms with Crippen LogP contribution >= 0.6 is 0 Å². The lowest BCUT2D eigenvalue weighted by atomic mass is 9.97. The standard InChI is InChI=1S/C19H26N6/c1-19(2,3)25-13-15(11-20-25)12-23-9-6-7-16(14-23)18-22-21-17-8-4-5-10-24(17)18/h4-5,8,10-11,13,16H,6-7,9,12,14H2,1-3H3. The zero-order valence-electron chi connectivity index (χ0n) is 15.3. The number of hydrogen-bond donors (Lipinski definition) is 0. The summed E-state index contributed by atoms with van der Waals surface area (Å²) in [4.78, 5) is 2.52. The van der Waals surface area contributed by atoms with Crippen LogP contribution in [-0.4, -0.2) is 42.4 Å². The summed E-state index contributed by atoms with van der Waals surface area (Å²) in [6, 6.07) is 6.06. The van der Waals surface area contributed by atoms with E-state index in [-0.39, 0.29) is 5.54 Å². The van der Waals surface area contributed by atoms with E-state index < -0.39 is 0 Å². The highest BCUT2D eigenvalue weighted by molar-refractivity contribution is 5.37. The number of pyridine rings is 1. The summed E-state index contributed by atoms with van der Waals surface area (Å²) in [6.07, 6.45) is 8.61. The predicted octanol–water partition coefficient (Wildman–Crippen LogP) is 3.06. The Morgan fingerprint density at radius 2 is 2.08 bits per heavy atom. The molecular weight excluding hydrogens is 312 g/mol. The molecule has 1 saturated heterocycles. The number of rotatable bonds is 3. The molecule has 6 heteroatoms. The van der Waals surface area contributed by atoms with Gasteiger partial charge in [-0.15, -0.1) is 10.2 Å². The fraction of sp³-hybridized carbons (Fsp3) is 0.526. The van der Waals surface area contributed by atoms with Crippen LogP contribution in [0.5, 0.6) is 0 Å². The summed E-state index contributed by atoms with van der Waals surface area (Å²) < 4.78 is 4.18. The van der Waals surface area contributed by atoms with Crippen LogP contribution in [0.25, 0.3) is 5.65 Å². The van der Waals surface area contributed by atoms with E-state index in [9.17, 15) is 0 Å². The summed E-state index contributed by atoms with van der Waals surface area (Å²) in [5, 5.41) is 13.3. The highest BCUT2D eigenvalue weighted by atomic mass is 15.3. The van der Waals surface area contributed by atoms with E-state index in [4.69, 9.17) is 0 Å². The highest BCUT2D eigenvalue weighted by Crippen LogP contribution is 2.27. The zero-order chi connectivity index (χ0) is 17.4. The van der Waals surface area contributed by atoms with Crippen LogP contribution in [-0.2, 0) is 12.1 Å². The van der Waals surface area contributed by atoms with Crippen LogP contribution < -0.4 is 0 Å². The molecule has 1 aliphatic rings. The molecule has 1 unspecified atom stereocenters. The Hall–Kier alpha value is -2.21. The molecule has 3 aromatic rings. The molecule has 6 nitrogen and oxygen atoms in total. The monoisotopic (exact) mass is 338 g/mol. The molecule has 25 heavy (non-hydrogen) atoms. The fourth-order valence-corrected chi connectivity index (χ4v) is 3.61. The minimum atomic E-state index is 0.0309. The van der Waals surface area contributed by atoms with Crippen molar-refractivity contribution in [1.82, 2.24) is 29.3 Å². The number of likely N-dealkylation sites (tertiary alicyclic amines) is 1. The van der Waals surface area contributed by atoms with Gasteiger partial charge in [-0.05, 0) is 52.3 Å². The van der Waals surface area contributed by atoms with E-state index >= 15 is 0 Å². The summed E-state index contributed by atoms with van der Waals surface area (Å²) >= 11 is 0. The van der Waals surface area contributed by atoms with Crippen molar-refractivity contribution in [1.29, 1.82) is 0 Å². The van der Waals surface area contributed by atoms with Gasteiger partial charge in [0.25, 0.3) is 0 Å². The molecule has 1 atom stereocenters. The molecule has 3 aromatic heterocycles. The molecule has 0 aromatic carbocycles. The topological polar surface area (TPSA) is 51.2 Å². The number of nitrogens with zero attached hydrogens (tertiary/aromatic N) is 6. The molecule has 1 fully saturated rings. The second-order valence-electron chi connectivity index (χ2n) is 8.03. The Balaban J connectivity index is 1.49. The van der Waals surface area contributed by atoms with E-state index in [1.165, 1.54) is 18.4 Å². The maximum absolute atomic E-state index is 4.53. The number of hydrogen-bond acceptors (Lipinski definition) is 4. The second-order valence-corrected chi connectivity index (χ2v) is 8.03. The second kappa shape index (κ2) is 6.26. The Morgan fingerprint density at radius 1 is 1.20 bits per heavy atom. The van der Waals surface area contributed by atoms with Crippen LogP contribution in [0.2, 0.25) is 0 Å². The third kappa shape index (κ3) is 3.31. The van der Waals surface area contributed by atoms with Crippen LogP contribution in [0.3, 0.4) is 0 Å². The molecule has 0 radical (unpaired) electrons. The molecule has 0 aliphatic carbocycles. The average Bonchev–Trinajstić information content (AvgIpc) is 3.21. The van der Waals surface area contributed by atoms with Crippen LogP contribution in [0.4, 0.5) is 0 Å².